The minimum Gasteiger partial charge on any atom is -0.462 e. The molecule has 0 saturated heterocycles. The lowest BCUT2D eigenvalue weighted by atomic mass is 10.0. The van der Waals surface area contributed by atoms with Gasteiger partial charge in [-0.3, -0.25) is 18.6 Å². The Morgan fingerprint density at radius 3 is 1.22 bits per heavy atom. The zero-order valence-corrected chi connectivity index (χ0v) is 38.9. The molecule has 3 N–H and O–H groups in total. The Balaban J connectivity index is 4.04. The Labute approximate surface area is 358 Å². The van der Waals surface area contributed by atoms with Crippen LogP contribution in [0.5, 0.6) is 0 Å². The fraction of sp³-hybridized carbons (Fsp3) is 0.917. The molecule has 2 atom stereocenters. The van der Waals surface area contributed by atoms with E-state index in [0.29, 0.717) is 6.42 Å². The molecule has 0 saturated carbocycles. The minimum atomic E-state index is -4.38. The number of ether oxygens (including phenoxy) is 2. The van der Waals surface area contributed by atoms with E-state index in [-0.39, 0.29) is 38.6 Å². The predicted octanol–water partition coefficient (Wildman–Crippen LogP) is 14.6. The first-order chi connectivity index (χ1) is 28.3. The summed E-state index contributed by atoms with van der Waals surface area (Å²) in [4.78, 5) is 35.0. The topological polar surface area (TPSA) is 134 Å². The highest BCUT2D eigenvalue weighted by atomic mass is 31.2. The highest BCUT2D eigenvalue weighted by Gasteiger charge is 2.26. The van der Waals surface area contributed by atoms with Gasteiger partial charge in [0.15, 0.2) is 6.10 Å². The van der Waals surface area contributed by atoms with Crippen LogP contribution in [0.4, 0.5) is 0 Å². The van der Waals surface area contributed by atoms with E-state index >= 15 is 0 Å². The zero-order valence-electron chi connectivity index (χ0n) is 38.1. The molecular weight excluding hydrogens is 750 g/mol. The van der Waals surface area contributed by atoms with Gasteiger partial charge in [-0.25, -0.2) is 4.57 Å². The number of phosphoric acid groups is 1. The van der Waals surface area contributed by atoms with Gasteiger partial charge < -0.3 is 20.1 Å². The second-order valence-corrected chi connectivity index (χ2v) is 18.1. The molecule has 10 heteroatoms. The Morgan fingerprint density at radius 2 is 0.845 bits per heavy atom. The highest BCUT2D eigenvalue weighted by molar-refractivity contribution is 7.47. The van der Waals surface area contributed by atoms with Crippen molar-refractivity contribution in [2.24, 2.45) is 5.73 Å². The van der Waals surface area contributed by atoms with Crippen LogP contribution in [0.3, 0.4) is 0 Å². The second kappa shape index (κ2) is 45.3. The van der Waals surface area contributed by atoms with Gasteiger partial charge in [-0.15, -0.1) is 0 Å². The number of hydrogen-bond donors (Lipinski definition) is 2. The van der Waals surface area contributed by atoms with Crippen LogP contribution in [0.15, 0.2) is 12.2 Å². The van der Waals surface area contributed by atoms with Crippen LogP contribution in [-0.4, -0.2) is 49.3 Å². The maximum atomic E-state index is 12.6. The lowest BCUT2D eigenvalue weighted by molar-refractivity contribution is -0.161. The van der Waals surface area contributed by atoms with Gasteiger partial charge in [-0.1, -0.05) is 212 Å². The normalized spacial score (nSPS) is 13.2. The summed E-state index contributed by atoms with van der Waals surface area (Å²) in [5, 5.41) is 0. The maximum absolute atomic E-state index is 12.6. The van der Waals surface area contributed by atoms with E-state index in [2.05, 4.69) is 26.0 Å². The molecule has 9 nitrogen and oxygen atoms in total. The number of esters is 2. The van der Waals surface area contributed by atoms with Crippen molar-refractivity contribution in [3.63, 3.8) is 0 Å². The summed E-state index contributed by atoms with van der Waals surface area (Å²) in [6, 6.07) is 0. The molecule has 0 spiro atoms. The molecule has 344 valence electrons. The Hall–Kier alpha value is -1.25. The van der Waals surface area contributed by atoms with Crippen LogP contribution in [0.25, 0.3) is 0 Å². The van der Waals surface area contributed by atoms with E-state index in [1.807, 2.05) is 0 Å². The lowest BCUT2D eigenvalue weighted by Gasteiger charge is -2.19. The lowest BCUT2D eigenvalue weighted by Crippen LogP contribution is -2.29. The van der Waals surface area contributed by atoms with Crippen molar-refractivity contribution in [3.05, 3.63) is 12.2 Å². The van der Waals surface area contributed by atoms with Gasteiger partial charge in [0, 0.05) is 19.4 Å². The molecule has 0 aromatic heterocycles. The average Bonchev–Trinajstić information content (AvgIpc) is 3.21. The number of rotatable bonds is 47. The van der Waals surface area contributed by atoms with Gasteiger partial charge in [-0.2, -0.15) is 0 Å². The summed E-state index contributed by atoms with van der Waals surface area (Å²) in [6.45, 7) is 3.78. The van der Waals surface area contributed by atoms with Crippen LogP contribution in [0.1, 0.15) is 251 Å². The molecule has 0 rings (SSSR count). The largest absolute Gasteiger partial charge is 0.472 e. The summed E-state index contributed by atoms with van der Waals surface area (Å²) in [7, 11) is -4.38. The first-order valence-electron chi connectivity index (χ1n) is 24.7. The molecule has 0 aromatic rings. The number of allylic oxidation sites excluding steroid dienone is 2. The quantitative estimate of drug-likeness (QED) is 0.0266. The minimum absolute atomic E-state index is 0.0557. The van der Waals surface area contributed by atoms with Crippen LogP contribution in [0.2, 0.25) is 0 Å². The molecule has 0 heterocycles. The first kappa shape index (κ1) is 56.8. The third-order valence-electron chi connectivity index (χ3n) is 10.9. The summed E-state index contributed by atoms with van der Waals surface area (Å²) < 4.78 is 32.9. The smallest absolute Gasteiger partial charge is 0.462 e. The van der Waals surface area contributed by atoms with Crippen LogP contribution >= 0.6 is 7.82 Å². The number of phosphoric ester groups is 1. The standard InChI is InChI=1S/C48H94NO8P/c1-3-5-7-9-11-13-15-17-19-21-23-25-26-28-30-32-34-36-38-40-47(50)54-44-46(45-56-58(52,53)55-43-42-49)57-48(51)41-39-37-35-33-31-29-27-24-22-20-18-16-14-12-10-8-6-4-2/h20,22,46H,3-19,21,23-45,49H2,1-2H3,(H,52,53)/b22-20-. The third kappa shape index (κ3) is 44.3. The molecular formula is C48H94NO8P. The molecule has 0 aliphatic heterocycles. The van der Waals surface area contributed by atoms with Crippen molar-refractivity contribution in [3.8, 4) is 0 Å². The average molecular weight is 844 g/mol. The first-order valence-corrected chi connectivity index (χ1v) is 26.2. The van der Waals surface area contributed by atoms with Gasteiger partial charge in [-0.05, 0) is 38.5 Å². The van der Waals surface area contributed by atoms with Crippen molar-refractivity contribution in [1.29, 1.82) is 0 Å². The van der Waals surface area contributed by atoms with E-state index in [9.17, 15) is 19.0 Å². The summed E-state index contributed by atoms with van der Waals surface area (Å²) in [6.07, 6.45) is 48.1. The SMILES string of the molecule is CCCCCCCCC/C=C\CCCCCCCCCC(=O)OC(COC(=O)CCCCCCCCCCCCCCCCCCCCC)COP(=O)(O)OCCN. The molecule has 0 aliphatic rings. The molecule has 0 aliphatic carbocycles. The van der Waals surface area contributed by atoms with Crippen LogP contribution in [-0.2, 0) is 32.7 Å². The highest BCUT2D eigenvalue weighted by Crippen LogP contribution is 2.43. The van der Waals surface area contributed by atoms with Crippen LogP contribution in [0, 0.1) is 0 Å². The maximum Gasteiger partial charge on any atom is 0.472 e. The van der Waals surface area contributed by atoms with E-state index in [0.717, 1.165) is 44.9 Å². The molecule has 0 fully saturated rings. The van der Waals surface area contributed by atoms with Crippen molar-refractivity contribution in [1.82, 2.24) is 0 Å². The number of nitrogens with two attached hydrogens (primary N) is 1. The second-order valence-electron chi connectivity index (χ2n) is 16.7. The van der Waals surface area contributed by atoms with Gasteiger partial charge in [0.1, 0.15) is 6.61 Å². The van der Waals surface area contributed by atoms with Gasteiger partial charge in [0.05, 0.1) is 13.2 Å². The number of unbranched alkanes of at least 4 members (excludes halogenated alkanes) is 32. The molecule has 0 amide bonds. The molecule has 0 aromatic carbocycles. The Bertz CT molecular complexity index is 964. The zero-order chi connectivity index (χ0) is 42.5. The fourth-order valence-electron chi connectivity index (χ4n) is 7.22. The molecule has 58 heavy (non-hydrogen) atoms. The number of carbonyl (C=O) groups is 2. The predicted molar refractivity (Wildman–Crippen MR) is 243 cm³/mol. The monoisotopic (exact) mass is 844 g/mol. The number of carbonyl (C=O) groups excluding carboxylic acids is 2. The van der Waals surface area contributed by atoms with Gasteiger partial charge in [0.2, 0.25) is 0 Å². The van der Waals surface area contributed by atoms with E-state index in [1.165, 1.54) is 173 Å². The van der Waals surface area contributed by atoms with Crippen molar-refractivity contribution < 1.29 is 37.6 Å². The van der Waals surface area contributed by atoms with Crippen molar-refractivity contribution >= 4 is 19.8 Å². The fourth-order valence-corrected chi connectivity index (χ4v) is 7.99. The Kier molecular flexibility index (Phi) is 44.3. The van der Waals surface area contributed by atoms with Crippen molar-refractivity contribution in [2.75, 3.05) is 26.4 Å². The third-order valence-corrected chi connectivity index (χ3v) is 11.9. The van der Waals surface area contributed by atoms with Gasteiger partial charge >= 0.3 is 19.8 Å². The van der Waals surface area contributed by atoms with E-state index < -0.39 is 26.5 Å². The molecule has 0 radical (unpaired) electrons. The van der Waals surface area contributed by atoms with Crippen LogP contribution < -0.4 is 5.73 Å². The summed E-state index contributed by atoms with van der Waals surface area (Å²) >= 11 is 0. The summed E-state index contributed by atoms with van der Waals surface area (Å²) in [5.41, 5.74) is 5.36. The van der Waals surface area contributed by atoms with E-state index in [1.54, 1.807) is 0 Å². The number of hydrogen-bond acceptors (Lipinski definition) is 8. The van der Waals surface area contributed by atoms with Crippen molar-refractivity contribution in [2.45, 2.75) is 258 Å². The molecule has 2 unspecified atom stereocenters. The molecule has 0 bridgehead atoms. The Morgan fingerprint density at radius 1 is 0.500 bits per heavy atom. The summed E-state index contributed by atoms with van der Waals surface area (Å²) in [5.74, 6) is -0.818. The van der Waals surface area contributed by atoms with E-state index in [4.69, 9.17) is 24.3 Å². The van der Waals surface area contributed by atoms with Gasteiger partial charge in [0.25, 0.3) is 0 Å².